The van der Waals surface area contributed by atoms with Gasteiger partial charge in [0, 0.05) is 36.9 Å². The maximum Gasteiger partial charge on any atom is 0.338 e. The number of Topliss-reactive ketones (excluding diaryl/α,β-unsaturated/α-hetero) is 1. The highest BCUT2D eigenvalue weighted by Gasteiger charge is 2.49. The molecule has 4 saturated heterocycles. The minimum Gasteiger partial charge on any atom is -0.459 e. The zero-order chi connectivity index (χ0) is 17.7. The lowest BCUT2D eigenvalue weighted by Gasteiger charge is -2.54. The largest absolute Gasteiger partial charge is 0.459 e. The molecule has 0 amide bonds. The number of carbonyl (C=O) groups excluding carboxylic acids is 2. The number of fused-ring (bicyclic) bond motifs is 1. The number of ketones is 1. The number of nitrogens with zero attached hydrogens (tertiary/aromatic N) is 2. The zero-order valence-electron chi connectivity index (χ0n) is 13.4. The van der Waals surface area contributed by atoms with Crippen LogP contribution in [0, 0.1) is 16.0 Å². The van der Waals surface area contributed by atoms with Gasteiger partial charge in [0.05, 0.1) is 17.0 Å². The number of benzene rings is 1. The maximum absolute atomic E-state index is 12.4. The molecule has 4 aliphatic rings. The summed E-state index contributed by atoms with van der Waals surface area (Å²) in [6.07, 6.45) is 2.97. The summed E-state index contributed by atoms with van der Waals surface area (Å²) in [7, 11) is 0. The summed E-state index contributed by atoms with van der Waals surface area (Å²) in [5, 5.41) is 10.7. The standard InChI is InChI=1S/C17H17ClN2O5/c18-14-5-9(1-2-15(14)20(23)24)17(22)25-13-6-11-3-10-4-12(7-13)19(11)8-16(10)21/h1-2,5,10-13H,3-4,6-8H2. The molecular formula is C17H17ClN2O5. The first-order valence-corrected chi connectivity index (χ1v) is 8.73. The smallest absolute Gasteiger partial charge is 0.338 e. The number of carbonyl (C=O) groups is 2. The number of ether oxygens (including phenoxy) is 1. The Bertz CT molecular complexity index is 751. The summed E-state index contributed by atoms with van der Waals surface area (Å²) in [4.78, 5) is 36.7. The van der Waals surface area contributed by atoms with E-state index in [4.69, 9.17) is 16.3 Å². The number of hydrogen-bond acceptors (Lipinski definition) is 6. The molecule has 4 bridgehead atoms. The van der Waals surface area contributed by atoms with Crippen molar-refractivity contribution < 1.29 is 19.2 Å². The Hall–Kier alpha value is -1.99. The third kappa shape index (κ3) is 2.91. The lowest BCUT2D eigenvalue weighted by Crippen LogP contribution is -2.63. The monoisotopic (exact) mass is 364 g/mol. The molecule has 4 heterocycles. The molecule has 2 unspecified atom stereocenters. The number of rotatable bonds is 3. The number of nitro groups is 1. The van der Waals surface area contributed by atoms with Gasteiger partial charge in [0.2, 0.25) is 0 Å². The first-order valence-electron chi connectivity index (χ1n) is 8.35. The van der Waals surface area contributed by atoms with Crippen LogP contribution in [0.4, 0.5) is 5.69 Å². The van der Waals surface area contributed by atoms with Gasteiger partial charge >= 0.3 is 5.97 Å². The summed E-state index contributed by atoms with van der Waals surface area (Å²) >= 11 is 5.86. The molecule has 0 saturated carbocycles. The minimum atomic E-state index is -0.593. The third-order valence-electron chi connectivity index (χ3n) is 5.57. The molecule has 0 N–H and O–H groups in total. The van der Waals surface area contributed by atoms with Crippen molar-refractivity contribution in [3.63, 3.8) is 0 Å². The predicted molar refractivity (Wildman–Crippen MR) is 88.6 cm³/mol. The van der Waals surface area contributed by atoms with Crippen LogP contribution >= 0.6 is 11.6 Å². The van der Waals surface area contributed by atoms with Gasteiger partial charge in [-0.2, -0.15) is 0 Å². The van der Waals surface area contributed by atoms with E-state index in [-0.39, 0.29) is 28.3 Å². The van der Waals surface area contributed by atoms with Gasteiger partial charge in [-0.15, -0.1) is 0 Å². The fourth-order valence-electron chi connectivity index (χ4n) is 4.42. The average molecular weight is 365 g/mol. The van der Waals surface area contributed by atoms with E-state index in [0.717, 1.165) is 25.7 Å². The van der Waals surface area contributed by atoms with E-state index in [9.17, 15) is 19.7 Å². The van der Waals surface area contributed by atoms with Crippen molar-refractivity contribution in [2.45, 2.75) is 43.9 Å². The molecule has 0 aromatic heterocycles. The number of nitro benzene ring substituents is 1. The highest BCUT2D eigenvalue weighted by atomic mass is 35.5. The molecule has 0 spiro atoms. The Kier molecular flexibility index (Phi) is 4.00. The third-order valence-corrected chi connectivity index (χ3v) is 5.87. The molecular weight excluding hydrogens is 348 g/mol. The van der Waals surface area contributed by atoms with Crippen molar-refractivity contribution in [2.24, 2.45) is 5.92 Å². The van der Waals surface area contributed by atoms with Crippen molar-refractivity contribution >= 4 is 29.0 Å². The van der Waals surface area contributed by atoms with E-state index >= 15 is 0 Å². The molecule has 0 aliphatic carbocycles. The van der Waals surface area contributed by atoms with Gasteiger partial charge in [-0.05, 0) is 25.0 Å². The first-order chi connectivity index (χ1) is 11.9. The van der Waals surface area contributed by atoms with Crippen LogP contribution in [0.25, 0.3) is 0 Å². The van der Waals surface area contributed by atoms with Crippen LogP contribution in [0.1, 0.15) is 36.0 Å². The van der Waals surface area contributed by atoms with E-state index < -0.39 is 10.9 Å². The normalized spacial score (nSPS) is 33.2. The van der Waals surface area contributed by atoms with Crippen molar-refractivity contribution in [3.8, 4) is 0 Å². The molecule has 1 aromatic carbocycles. The van der Waals surface area contributed by atoms with Gasteiger partial charge in [-0.3, -0.25) is 19.8 Å². The van der Waals surface area contributed by atoms with Gasteiger partial charge in [0.1, 0.15) is 16.9 Å². The van der Waals surface area contributed by atoms with Crippen LogP contribution in [0.5, 0.6) is 0 Å². The zero-order valence-corrected chi connectivity index (χ0v) is 14.1. The van der Waals surface area contributed by atoms with Gasteiger partial charge in [0.15, 0.2) is 0 Å². The quantitative estimate of drug-likeness (QED) is 0.465. The van der Waals surface area contributed by atoms with E-state index in [1.54, 1.807) is 0 Å². The van der Waals surface area contributed by atoms with Crippen molar-refractivity contribution in [1.29, 1.82) is 0 Å². The van der Waals surface area contributed by atoms with Crippen molar-refractivity contribution in [2.75, 3.05) is 6.54 Å². The Morgan fingerprint density at radius 2 is 1.92 bits per heavy atom. The van der Waals surface area contributed by atoms with Crippen molar-refractivity contribution in [1.82, 2.24) is 4.90 Å². The first kappa shape index (κ1) is 16.5. The molecule has 0 radical (unpaired) electrons. The van der Waals surface area contributed by atoms with Crippen LogP contribution in [-0.2, 0) is 9.53 Å². The summed E-state index contributed by atoms with van der Waals surface area (Å²) in [6, 6.07) is 4.45. The second-order valence-electron chi connectivity index (χ2n) is 7.04. The maximum atomic E-state index is 12.4. The van der Waals surface area contributed by atoms with Gasteiger partial charge in [-0.1, -0.05) is 11.6 Å². The molecule has 132 valence electrons. The summed E-state index contributed by atoms with van der Waals surface area (Å²) < 4.78 is 5.62. The van der Waals surface area contributed by atoms with Crippen LogP contribution in [0.3, 0.4) is 0 Å². The molecule has 2 atom stereocenters. The predicted octanol–water partition coefficient (Wildman–Crippen LogP) is 2.60. The Balaban J connectivity index is 1.43. The van der Waals surface area contributed by atoms with Crippen LogP contribution in [0.15, 0.2) is 18.2 Å². The number of halogens is 1. The topological polar surface area (TPSA) is 89.8 Å². The Morgan fingerprint density at radius 3 is 2.48 bits per heavy atom. The highest BCUT2D eigenvalue weighted by molar-refractivity contribution is 6.33. The number of piperidine rings is 4. The second kappa shape index (κ2) is 6.07. The second-order valence-corrected chi connectivity index (χ2v) is 7.44. The van der Waals surface area contributed by atoms with Crippen LogP contribution in [-0.4, -0.2) is 46.3 Å². The Morgan fingerprint density at radius 1 is 1.24 bits per heavy atom. The van der Waals surface area contributed by atoms with E-state index in [2.05, 4.69) is 4.90 Å². The summed E-state index contributed by atoms with van der Waals surface area (Å²) in [5.41, 5.74) is -0.0257. The molecule has 4 aliphatic heterocycles. The highest BCUT2D eigenvalue weighted by Crippen LogP contribution is 2.42. The lowest BCUT2D eigenvalue weighted by atomic mass is 9.72. The molecule has 5 rings (SSSR count). The van der Waals surface area contributed by atoms with Gasteiger partial charge < -0.3 is 4.74 Å². The lowest BCUT2D eigenvalue weighted by molar-refractivity contribution is -0.384. The molecule has 8 heteroatoms. The van der Waals surface area contributed by atoms with Gasteiger partial charge in [-0.25, -0.2) is 4.79 Å². The molecule has 1 aromatic rings. The number of esters is 1. The minimum absolute atomic E-state index is 0.0816. The Labute approximate surface area is 149 Å². The van der Waals surface area contributed by atoms with E-state index in [0.29, 0.717) is 24.4 Å². The van der Waals surface area contributed by atoms with E-state index in [1.165, 1.54) is 18.2 Å². The van der Waals surface area contributed by atoms with E-state index in [1.807, 2.05) is 0 Å². The average Bonchev–Trinajstić information content (AvgIpc) is 2.54. The van der Waals surface area contributed by atoms with Crippen LogP contribution in [0.2, 0.25) is 5.02 Å². The number of hydrogen-bond donors (Lipinski definition) is 0. The molecule has 25 heavy (non-hydrogen) atoms. The summed E-state index contributed by atoms with van der Waals surface area (Å²) in [5.74, 6) is -0.00777. The fourth-order valence-corrected chi connectivity index (χ4v) is 4.67. The molecule has 7 nitrogen and oxygen atoms in total. The summed E-state index contributed by atoms with van der Waals surface area (Å²) in [6.45, 7) is 0.526. The SMILES string of the molecule is O=C(OC1CC2CC3CC(C1)N2CC3=O)c1ccc([N+](=O)[O-])c(Cl)c1. The van der Waals surface area contributed by atoms with Gasteiger partial charge in [0.25, 0.3) is 5.69 Å². The molecule has 4 fully saturated rings. The van der Waals surface area contributed by atoms with Crippen molar-refractivity contribution in [3.05, 3.63) is 38.9 Å². The van der Waals surface area contributed by atoms with Crippen LogP contribution < -0.4 is 0 Å². The fraction of sp³-hybridized carbons (Fsp3) is 0.529.